The molecule has 0 saturated carbocycles. The average molecular weight is 784 g/mol. The summed E-state index contributed by atoms with van der Waals surface area (Å²) in [6.07, 6.45) is 9.62. The predicted octanol–water partition coefficient (Wildman–Crippen LogP) is 6.65. The Balaban J connectivity index is 1.28. The number of allylic oxidation sites excluding steroid dienone is 3. The summed E-state index contributed by atoms with van der Waals surface area (Å²) in [6.45, 7) is 14.3. The van der Waals surface area contributed by atoms with Crippen molar-refractivity contribution in [2.24, 2.45) is 5.92 Å². The van der Waals surface area contributed by atoms with E-state index in [1.807, 2.05) is 48.2 Å². The highest BCUT2D eigenvalue weighted by Crippen LogP contribution is 2.61. The summed E-state index contributed by atoms with van der Waals surface area (Å²) in [4.78, 5) is 35.8. The van der Waals surface area contributed by atoms with Gasteiger partial charge in [0.25, 0.3) is 11.8 Å². The molecule has 3 fully saturated rings. The minimum absolute atomic E-state index is 0.0239. The fourth-order valence-electron chi connectivity index (χ4n) is 9.70. The number of aromatic nitrogens is 3. The van der Waals surface area contributed by atoms with Gasteiger partial charge >= 0.3 is 0 Å². The van der Waals surface area contributed by atoms with Gasteiger partial charge in [0, 0.05) is 60.7 Å². The van der Waals surface area contributed by atoms with Crippen molar-refractivity contribution in [1.29, 1.82) is 0 Å². The predicted molar refractivity (Wildman–Crippen MR) is 221 cm³/mol. The molecule has 2 aromatic carbocycles. The molecule has 1 aromatic heterocycles. The molecule has 56 heavy (non-hydrogen) atoms. The van der Waals surface area contributed by atoms with Crippen LogP contribution in [-0.2, 0) is 32.9 Å². The number of carbonyl (C=O) groups excluding carboxylic acids is 2. The highest BCUT2D eigenvalue weighted by Gasteiger charge is 2.67. The van der Waals surface area contributed by atoms with E-state index in [9.17, 15) is 9.90 Å². The van der Waals surface area contributed by atoms with Crippen LogP contribution in [0.1, 0.15) is 71.1 Å². The minimum atomic E-state index is -3.42. The second-order valence-corrected chi connectivity index (χ2v) is 20.7. The van der Waals surface area contributed by atoms with Crippen LogP contribution in [0.2, 0.25) is 18.6 Å². The molecule has 4 aliphatic rings. The first-order chi connectivity index (χ1) is 26.8. The quantitative estimate of drug-likeness (QED) is 0.113. The summed E-state index contributed by atoms with van der Waals surface area (Å²) in [5.74, 6) is -0.606. The summed E-state index contributed by atoms with van der Waals surface area (Å²) in [6, 6.07) is 16.0. The van der Waals surface area contributed by atoms with E-state index in [1.165, 1.54) is 11.1 Å². The maximum absolute atomic E-state index is 16.7. The zero-order valence-electron chi connectivity index (χ0n) is 33.8. The van der Waals surface area contributed by atoms with Gasteiger partial charge in [-0.3, -0.25) is 19.2 Å². The van der Waals surface area contributed by atoms with Gasteiger partial charge in [-0.1, -0.05) is 53.6 Å². The van der Waals surface area contributed by atoms with E-state index in [-0.39, 0.29) is 18.4 Å². The highest BCUT2D eigenvalue weighted by molar-refractivity contribution is 6.72. The summed E-state index contributed by atoms with van der Waals surface area (Å²) < 4.78 is 25.5. The fraction of sp³-hybridized carbons (Fsp3) is 0.535. The normalized spacial score (nSPS) is 24.9. The number of nitrogens with zero attached hydrogens (tertiary/aromatic N) is 6. The molecule has 0 unspecified atom stereocenters. The van der Waals surface area contributed by atoms with Crippen molar-refractivity contribution in [1.82, 2.24) is 20.3 Å². The number of aliphatic hydroxyl groups is 1. The van der Waals surface area contributed by atoms with Gasteiger partial charge in [0.15, 0.2) is 5.60 Å². The van der Waals surface area contributed by atoms with Gasteiger partial charge in [-0.05, 0) is 109 Å². The molecule has 2 N–H and O–H groups in total. The standard InChI is InChI=1S/C43H58FN7O4Si/c1-30(2)11-10-12-31(3)17-25-49-37-16-15-35(50-29-51(34-13-8-7-9-14-34)42(40(50)53)20-22-45-23-21-42)27-36(37)43(41(49)54)32(4)39(56(5,6)44)38(55-43)18-24-48-28-33(19-26-52)46-47-48/h7-9,11,13-17,27-28,32,38-39,45,52H,10,12,18-26,29H2,1-6H3/b31-17+/t32-,38+,39-,43+/m0/s1. The largest absolute Gasteiger partial charge is 0.396 e. The first-order valence-corrected chi connectivity index (χ1v) is 23.2. The van der Waals surface area contributed by atoms with Crippen LogP contribution in [-0.4, -0.2) is 84.9 Å². The number of rotatable bonds is 13. The van der Waals surface area contributed by atoms with Gasteiger partial charge in [-0.2, -0.15) is 0 Å². The summed E-state index contributed by atoms with van der Waals surface area (Å²) in [5, 5.41) is 21.2. The molecule has 3 aromatic rings. The number of nitrogens with one attached hydrogen (secondary N) is 1. The van der Waals surface area contributed by atoms with Gasteiger partial charge in [0.1, 0.15) is 5.54 Å². The van der Waals surface area contributed by atoms with Crippen molar-refractivity contribution >= 4 is 37.3 Å². The number of benzene rings is 2. The molecule has 13 heteroatoms. The van der Waals surface area contributed by atoms with Gasteiger partial charge in [-0.15, -0.1) is 5.10 Å². The Morgan fingerprint density at radius 2 is 1.80 bits per heavy atom. The highest BCUT2D eigenvalue weighted by atomic mass is 28.4. The number of amides is 2. The molecule has 11 nitrogen and oxygen atoms in total. The molecule has 0 aliphatic carbocycles. The SMILES string of the molecule is CC(C)=CCC/C(C)=C/CN1C(=O)[C@]2(O[C@H](CCn3cc(CCO)nn3)[C@@H]([Si](C)(C)F)[C@@H]2C)c2cc(N3CN(c4ccccc4)C4(CCNCC4)C3=O)ccc21. The van der Waals surface area contributed by atoms with Crippen LogP contribution < -0.4 is 20.0 Å². The molecule has 3 saturated heterocycles. The number of ether oxygens (including phenoxy) is 1. The van der Waals surface area contributed by atoms with Crippen LogP contribution in [0.15, 0.2) is 78.0 Å². The van der Waals surface area contributed by atoms with Crippen molar-refractivity contribution in [3.8, 4) is 0 Å². The van der Waals surface area contributed by atoms with E-state index in [1.54, 1.807) is 28.9 Å². The Morgan fingerprint density at radius 1 is 1.05 bits per heavy atom. The molecule has 4 aliphatic heterocycles. The Morgan fingerprint density at radius 3 is 2.50 bits per heavy atom. The second kappa shape index (κ2) is 16.0. The molecule has 2 amide bonds. The lowest BCUT2D eigenvalue weighted by Crippen LogP contribution is -2.55. The first-order valence-electron chi connectivity index (χ1n) is 20.3. The number of hydrogen-bond donors (Lipinski definition) is 2. The van der Waals surface area contributed by atoms with Crippen LogP contribution in [0.4, 0.5) is 21.2 Å². The Bertz CT molecular complexity index is 1970. The topological polar surface area (TPSA) is 116 Å². The Kier molecular flexibility index (Phi) is 11.4. The number of aryl methyl sites for hydroxylation is 1. The van der Waals surface area contributed by atoms with Crippen LogP contribution in [0, 0.1) is 5.92 Å². The molecule has 4 atom stereocenters. The Labute approximate surface area is 331 Å². The third-order valence-electron chi connectivity index (χ3n) is 12.5. The van der Waals surface area contributed by atoms with Gasteiger partial charge in [0.2, 0.25) is 8.41 Å². The zero-order chi connectivity index (χ0) is 39.8. The third-order valence-corrected chi connectivity index (χ3v) is 15.0. The molecular formula is C43H58FN7O4Si. The van der Waals surface area contributed by atoms with Crippen molar-refractivity contribution in [3.05, 3.63) is 89.3 Å². The fourth-order valence-corrected chi connectivity index (χ4v) is 12.2. The number of fused-ring (bicyclic) bond motifs is 2. The van der Waals surface area contributed by atoms with E-state index in [0.717, 1.165) is 37.3 Å². The number of carbonyl (C=O) groups is 2. The molecule has 0 radical (unpaired) electrons. The van der Waals surface area contributed by atoms with Crippen LogP contribution in [0.25, 0.3) is 0 Å². The van der Waals surface area contributed by atoms with Gasteiger partial charge in [0.05, 0.1) is 24.2 Å². The lowest BCUT2D eigenvalue weighted by molar-refractivity contribution is -0.145. The van der Waals surface area contributed by atoms with Crippen molar-refractivity contribution < 1.29 is 23.5 Å². The number of anilines is 3. The molecule has 5 heterocycles. The van der Waals surface area contributed by atoms with Crippen molar-refractivity contribution in [2.75, 3.05) is 47.6 Å². The average Bonchev–Trinajstić information content (AvgIpc) is 3.89. The van der Waals surface area contributed by atoms with E-state index in [2.05, 4.69) is 65.6 Å². The number of hydrogen-bond acceptors (Lipinski definition) is 8. The lowest BCUT2D eigenvalue weighted by Gasteiger charge is -2.39. The van der Waals surface area contributed by atoms with Crippen LogP contribution in [0.5, 0.6) is 0 Å². The zero-order valence-corrected chi connectivity index (χ0v) is 34.8. The minimum Gasteiger partial charge on any atom is -0.396 e. The van der Waals surface area contributed by atoms with E-state index < -0.39 is 37.1 Å². The number of para-hydroxylation sites is 1. The van der Waals surface area contributed by atoms with Crippen molar-refractivity contribution in [3.63, 3.8) is 0 Å². The molecule has 7 rings (SSSR count). The molecule has 0 bridgehead atoms. The maximum atomic E-state index is 16.7. The third kappa shape index (κ3) is 7.27. The van der Waals surface area contributed by atoms with E-state index >= 15 is 8.90 Å². The number of halogens is 1. The number of aliphatic hydroxyl groups excluding tert-OH is 1. The van der Waals surface area contributed by atoms with Crippen molar-refractivity contribution in [2.45, 2.75) is 109 Å². The maximum Gasteiger partial charge on any atom is 0.264 e. The van der Waals surface area contributed by atoms with E-state index in [4.69, 9.17) is 4.74 Å². The second-order valence-electron chi connectivity index (χ2n) is 16.9. The molecule has 300 valence electrons. The Hall–Kier alpha value is -4.17. The summed E-state index contributed by atoms with van der Waals surface area (Å²) >= 11 is 0. The summed E-state index contributed by atoms with van der Waals surface area (Å²) in [7, 11) is -3.42. The smallest absolute Gasteiger partial charge is 0.264 e. The number of piperidine rings is 1. The lowest BCUT2D eigenvalue weighted by atomic mass is 9.82. The first kappa shape index (κ1) is 40.0. The summed E-state index contributed by atoms with van der Waals surface area (Å²) in [5.41, 5.74) is 3.70. The van der Waals surface area contributed by atoms with Crippen LogP contribution in [0.3, 0.4) is 0 Å². The van der Waals surface area contributed by atoms with E-state index in [0.29, 0.717) is 62.4 Å². The molecule has 2 spiro atoms. The molecular weight excluding hydrogens is 726 g/mol. The van der Waals surface area contributed by atoms with Gasteiger partial charge in [-0.25, -0.2) is 0 Å². The van der Waals surface area contributed by atoms with Gasteiger partial charge < -0.3 is 29.1 Å². The monoisotopic (exact) mass is 783 g/mol. The van der Waals surface area contributed by atoms with Crippen LogP contribution >= 0.6 is 0 Å².